The van der Waals surface area contributed by atoms with E-state index in [1.165, 1.54) is 0 Å². The standard InChI is InChI=1S/C11H16O4S/c1-2-14-8-9-16(12,13)15-10-11-6-4-3-5-7-11/h3-7H,2,8-10H2,1H3. The molecule has 0 heterocycles. The maximum Gasteiger partial charge on any atom is 0.269 e. The summed E-state index contributed by atoms with van der Waals surface area (Å²) in [6, 6.07) is 9.18. The molecule has 90 valence electrons. The molecule has 0 aliphatic rings. The highest BCUT2D eigenvalue weighted by Crippen LogP contribution is 2.04. The molecule has 0 saturated heterocycles. The first-order valence-electron chi connectivity index (χ1n) is 5.13. The van der Waals surface area contributed by atoms with Crippen LogP contribution in [0.2, 0.25) is 0 Å². The second-order valence-corrected chi connectivity index (χ2v) is 4.97. The smallest absolute Gasteiger partial charge is 0.269 e. The van der Waals surface area contributed by atoms with Crippen molar-refractivity contribution < 1.29 is 17.3 Å². The molecule has 0 aliphatic carbocycles. The quantitative estimate of drug-likeness (QED) is 0.539. The summed E-state index contributed by atoms with van der Waals surface area (Å²) in [4.78, 5) is 0. The average Bonchev–Trinajstić information content (AvgIpc) is 2.28. The van der Waals surface area contributed by atoms with E-state index < -0.39 is 10.1 Å². The third-order valence-corrected chi connectivity index (χ3v) is 3.07. The van der Waals surface area contributed by atoms with Gasteiger partial charge in [0.05, 0.1) is 19.0 Å². The third-order valence-electron chi connectivity index (χ3n) is 1.93. The van der Waals surface area contributed by atoms with Crippen molar-refractivity contribution in [3.63, 3.8) is 0 Å². The van der Waals surface area contributed by atoms with Gasteiger partial charge in [0.1, 0.15) is 0 Å². The minimum Gasteiger partial charge on any atom is -0.381 e. The van der Waals surface area contributed by atoms with Crippen LogP contribution in [0.3, 0.4) is 0 Å². The van der Waals surface area contributed by atoms with Crippen LogP contribution >= 0.6 is 0 Å². The minimum atomic E-state index is -3.48. The summed E-state index contributed by atoms with van der Waals surface area (Å²) in [5, 5.41) is 0. The Morgan fingerprint density at radius 3 is 2.50 bits per heavy atom. The number of hydrogen-bond donors (Lipinski definition) is 0. The van der Waals surface area contributed by atoms with Gasteiger partial charge >= 0.3 is 0 Å². The van der Waals surface area contributed by atoms with Crippen LogP contribution in [0.25, 0.3) is 0 Å². The van der Waals surface area contributed by atoms with E-state index in [0.29, 0.717) is 6.61 Å². The predicted molar refractivity (Wildman–Crippen MR) is 61.5 cm³/mol. The fourth-order valence-corrected chi connectivity index (χ4v) is 1.85. The molecule has 0 saturated carbocycles. The van der Waals surface area contributed by atoms with Crippen molar-refractivity contribution in [2.75, 3.05) is 19.0 Å². The first-order valence-corrected chi connectivity index (χ1v) is 6.70. The van der Waals surface area contributed by atoms with E-state index in [-0.39, 0.29) is 19.0 Å². The zero-order valence-corrected chi connectivity index (χ0v) is 10.1. The predicted octanol–water partition coefficient (Wildman–Crippen LogP) is 1.57. The lowest BCUT2D eigenvalue weighted by Crippen LogP contribution is -2.15. The molecule has 0 unspecified atom stereocenters. The van der Waals surface area contributed by atoms with Crippen molar-refractivity contribution in [3.05, 3.63) is 35.9 Å². The van der Waals surface area contributed by atoms with Gasteiger partial charge in [-0.25, -0.2) is 0 Å². The molecular weight excluding hydrogens is 228 g/mol. The molecule has 0 aliphatic heterocycles. The van der Waals surface area contributed by atoms with Gasteiger partial charge in [-0.2, -0.15) is 8.42 Å². The second-order valence-electron chi connectivity index (χ2n) is 3.21. The maximum absolute atomic E-state index is 11.4. The minimum absolute atomic E-state index is 0.0787. The molecular formula is C11H16O4S. The third kappa shape index (κ3) is 5.25. The Kier molecular flexibility index (Phi) is 5.45. The molecule has 1 rings (SSSR count). The molecule has 4 nitrogen and oxygen atoms in total. The van der Waals surface area contributed by atoms with E-state index in [1.54, 1.807) is 0 Å². The molecule has 0 radical (unpaired) electrons. The Hall–Kier alpha value is -0.910. The Balaban J connectivity index is 2.36. The summed E-state index contributed by atoms with van der Waals surface area (Å²) < 4.78 is 32.6. The average molecular weight is 244 g/mol. The number of rotatable bonds is 7. The largest absolute Gasteiger partial charge is 0.381 e. The zero-order chi connectivity index (χ0) is 11.9. The molecule has 1 aromatic rings. The number of ether oxygens (including phenoxy) is 1. The molecule has 0 aromatic heterocycles. The van der Waals surface area contributed by atoms with Crippen LogP contribution in [0, 0.1) is 0 Å². The lowest BCUT2D eigenvalue weighted by atomic mass is 10.2. The van der Waals surface area contributed by atoms with E-state index in [4.69, 9.17) is 8.92 Å². The molecule has 0 fully saturated rings. The van der Waals surface area contributed by atoms with Crippen molar-refractivity contribution in [2.24, 2.45) is 0 Å². The molecule has 0 spiro atoms. The topological polar surface area (TPSA) is 52.6 Å². The molecule has 0 bridgehead atoms. The SMILES string of the molecule is CCOCCS(=O)(=O)OCc1ccccc1. The summed E-state index contributed by atoms with van der Waals surface area (Å²) in [7, 11) is -3.48. The Labute approximate surface area is 96.3 Å². The molecule has 0 N–H and O–H groups in total. The van der Waals surface area contributed by atoms with E-state index >= 15 is 0 Å². The van der Waals surface area contributed by atoms with Gasteiger partial charge in [0, 0.05) is 6.61 Å². The summed E-state index contributed by atoms with van der Waals surface area (Å²) in [5.74, 6) is -0.103. The van der Waals surface area contributed by atoms with Crippen molar-refractivity contribution in [3.8, 4) is 0 Å². The van der Waals surface area contributed by atoms with Crippen LogP contribution in [0.1, 0.15) is 12.5 Å². The highest BCUT2D eigenvalue weighted by molar-refractivity contribution is 7.86. The Morgan fingerprint density at radius 1 is 1.19 bits per heavy atom. The fourth-order valence-electron chi connectivity index (χ4n) is 1.10. The van der Waals surface area contributed by atoms with Crippen LogP contribution < -0.4 is 0 Å². The van der Waals surface area contributed by atoms with Gasteiger partial charge in [0.2, 0.25) is 0 Å². The zero-order valence-electron chi connectivity index (χ0n) is 9.26. The van der Waals surface area contributed by atoms with Crippen molar-refractivity contribution in [1.82, 2.24) is 0 Å². The highest BCUT2D eigenvalue weighted by Gasteiger charge is 2.10. The van der Waals surface area contributed by atoms with Crippen LogP contribution in [-0.4, -0.2) is 27.4 Å². The Morgan fingerprint density at radius 2 is 1.88 bits per heavy atom. The monoisotopic (exact) mass is 244 g/mol. The van der Waals surface area contributed by atoms with E-state index in [2.05, 4.69) is 0 Å². The Bertz CT molecular complexity index is 386. The van der Waals surface area contributed by atoms with Crippen molar-refractivity contribution in [2.45, 2.75) is 13.5 Å². The van der Waals surface area contributed by atoms with Gasteiger partial charge in [-0.05, 0) is 12.5 Å². The van der Waals surface area contributed by atoms with Gasteiger partial charge in [0.15, 0.2) is 0 Å². The van der Waals surface area contributed by atoms with Crippen LogP contribution in [0.4, 0.5) is 0 Å². The fraction of sp³-hybridized carbons (Fsp3) is 0.455. The summed E-state index contributed by atoms with van der Waals surface area (Å²) in [6.07, 6.45) is 0. The molecule has 1 aromatic carbocycles. The highest BCUT2D eigenvalue weighted by atomic mass is 32.2. The molecule has 5 heteroatoms. The molecule has 16 heavy (non-hydrogen) atoms. The van der Waals surface area contributed by atoms with Gasteiger partial charge in [0.25, 0.3) is 10.1 Å². The van der Waals surface area contributed by atoms with Gasteiger partial charge in [-0.3, -0.25) is 4.18 Å². The lowest BCUT2D eigenvalue weighted by Gasteiger charge is -2.05. The van der Waals surface area contributed by atoms with E-state index in [0.717, 1.165) is 5.56 Å². The van der Waals surface area contributed by atoms with Crippen molar-refractivity contribution >= 4 is 10.1 Å². The van der Waals surface area contributed by atoms with E-state index in [9.17, 15) is 8.42 Å². The first kappa shape index (κ1) is 13.2. The summed E-state index contributed by atoms with van der Waals surface area (Å²) in [6.45, 7) is 2.58. The molecule has 0 amide bonds. The van der Waals surface area contributed by atoms with Crippen molar-refractivity contribution in [1.29, 1.82) is 0 Å². The molecule has 0 atom stereocenters. The van der Waals surface area contributed by atoms with Gasteiger partial charge < -0.3 is 4.74 Å². The van der Waals surface area contributed by atoms with E-state index in [1.807, 2.05) is 37.3 Å². The van der Waals surface area contributed by atoms with Gasteiger partial charge in [-0.15, -0.1) is 0 Å². The number of benzene rings is 1. The lowest BCUT2D eigenvalue weighted by molar-refractivity contribution is 0.160. The summed E-state index contributed by atoms with van der Waals surface area (Å²) >= 11 is 0. The van der Waals surface area contributed by atoms with Crippen LogP contribution in [0.15, 0.2) is 30.3 Å². The first-order chi connectivity index (χ1) is 7.64. The second kappa shape index (κ2) is 6.62. The van der Waals surface area contributed by atoms with Crippen LogP contribution in [-0.2, 0) is 25.6 Å². The van der Waals surface area contributed by atoms with Crippen LogP contribution in [0.5, 0.6) is 0 Å². The van der Waals surface area contributed by atoms with Gasteiger partial charge in [-0.1, -0.05) is 30.3 Å². The normalized spacial score (nSPS) is 11.6. The maximum atomic E-state index is 11.4. The summed E-state index contributed by atoms with van der Waals surface area (Å²) in [5.41, 5.74) is 0.836. The number of hydrogen-bond acceptors (Lipinski definition) is 4.